The second-order valence-electron chi connectivity index (χ2n) is 5.11. The van der Waals surface area contributed by atoms with Crippen LogP contribution in [-0.4, -0.2) is 38.4 Å². The van der Waals surface area contributed by atoms with Gasteiger partial charge in [-0.25, -0.2) is 0 Å². The van der Waals surface area contributed by atoms with Crippen LogP contribution in [-0.2, 0) is 4.74 Å². The number of hydrogen-bond acceptors (Lipinski definition) is 3. The van der Waals surface area contributed by atoms with E-state index in [-0.39, 0.29) is 0 Å². The predicted molar refractivity (Wildman–Crippen MR) is 77.1 cm³/mol. The summed E-state index contributed by atoms with van der Waals surface area (Å²) in [7, 11) is 0. The lowest BCUT2D eigenvalue weighted by Gasteiger charge is -2.21. The Bertz CT molecular complexity index is 407. The third kappa shape index (κ3) is 2.71. The highest BCUT2D eigenvalue weighted by atomic mass is 79.9. The lowest BCUT2D eigenvalue weighted by atomic mass is 10.2. The van der Waals surface area contributed by atoms with Gasteiger partial charge in [-0.1, -0.05) is 12.1 Å². The molecule has 2 atom stereocenters. The minimum Gasteiger partial charge on any atom is -0.380 e. The van der Waals surface area contributed by atoms with Crippen LogP contribution in [0.3, 0.4) is 0 Å². The number of nitrogens with one attached hydrogen (secondary N) is 1. The van der Waals surface area contributed by atoms with E-state index in [1.807, 2.05) is 0 Å². The fourth-order valence-corrected chi connectivity index (χ4v) is 3.36. The highest BCUT2D eigenvalue weighted by Crippen LogP contribution is 2.28. The lowest BCUT2D eigenvalue weighted by Crippen LogP contribution is -2.40. The number of hydrogen-bond donors (Lipinski definition) is 1. The van der Waals surface area contributed by atoms with Crippen molar-refractivity contribution in [1.82, 2.24) is 5.32 Å². The van der Waals surface area contributed by atoms with Gasteiger partial charge in [-0.05, 0) is 40.9 Å². The van der Waals surface area contributed by atoms with E-state index in [2.05, 4.69) is 50.4 Å². The van der Waals surface area contributed by atoms with E-state index < -0.39 is 0 Å². The zero-order chi connectivity index (χ0) is 12.4. The number of benzene rings is 1. The second-order valence-corrected chi connectivity index (χ2v) is 5.96. The summed E-state index contributed by atoms with van der Waals surface area (Å²) in [6.07, 6.45) is 2.38. The molecule has 0 amide bonds. The number of halogens is 1. The fourth-order valence-electron chi connectivity index (χ4n) is 2.82. The molecular weight excluding hydrogens is 292 g/mol. The number of rotatable bonds is 3. The van der Waals surface area contributed by atoms with Crippen LogP contribution in [0.25, 0.3) is 0 Å². The van der Waals surface area contributed by atoms with Crippen LogP contribution in [0.1, 0.15) is 12.8 Å². The van der Waals surface area contributed by atoms with Crippen LogP contribution in [0.5, 0.6) is 0 Å². The summed E-state index contributed by atoms with van der Waals surface area (Å²) < 4.78 is 6.60. The van der Waals surface area contributed by atoms with Crippen LogP contribution < -0.4 is 10.2 Å². The van der Waals surface area contributed by atoms with E-state index in [9.17, 15) is 0 Å². The first-order chi connectivity index (χ1) is 8.83. The summed E-state index contributed by atoms with van der Waals surface area (Å²) in [5.74, 6) is 0. The molecule has 2 heterocycles. The number of ether oxygens (including phenoxy) is 1. The minimum absolute atomic E-state index is 0.564. The van der Waals surface area contributed by atoms with Crippen molar-refractivity contribution < 1.29 is 4.74 Å². The molecule has 98 valence electrons. The second kappa shape index (κ2) is 5.59. The molecular formula is C14H19BrN2O. The van der Waals surface area contributed by atoms with Crippen molar-refractivity contribution in [1.29, 1.82) is 0 Å². The Balaban J connectivity index is 1.59. The van der Waals surface area contributed by atoms with Gasteiger partial charge in [0.05, 0.1) is 12.3 Å². The molecule has 2 aliphatic rings. The summed E-state index contributed by atoms with van der Waals surface area (Å²) in [5, 5.41) is 3.72. The third-order valence-corrected chi connectivity index (χ3v) is 4.45. The van der Waals surface area contributed by atoms with Crippen LogP contribution >= 0.6 is 15.9 Å². The SMILES string of the molecule is Brc1ccccc1N1CC[C@@H](N[C@H]2CCOC2)C1. The van der Waals surface area contributed by atoms with E-state index in [1.54, 1.807) is 0 Å². The maximum absolute atomic E-state index is 5.41. The van der Waals surface area contributed by atoms with Gasteiger partial charge >= 0.3 is 0 Å². The molecule has 2 fully saturated rings. The largest absolute Gasteiger partial charge is 0.380 e. The average molecular weight is 311 g/mol. The molecule has 18 heavy (non-hydrogen) atoms. The van der Waals surface area contributed by atoms with Crippen molar-refractivity contribution in [2.75, 3.05) is 31.2 Å². The molecule has 0 spiro atoms. The Labute approximate surface area is 117 Å². The smallest absolute Gasteiger partial charge is 0.0620 e. The van der Waals surface area contributed by atoms with Gasteiger partial charge in [0.15, 0.2) is 0 Å². The van der Waals surface area contributed by atoms with Gasteiger partial charge < -0.3 is 15.0 Å². The molecule has 1 N–H and O–H groups in total. The van der Waals surface area contributed by atoms with Crippen molar-refractivity contribution in [2.45, 2.75) is 24.9 Å². The van der Waals surface area contributed by atoms with Crippen LogP contribution in [0, 0.1) is 0 Å². The Kier molecular flexibility index (Phi) is 3.87. The quantitative estimate of drug-likeness (QED) is 0.928. The molecule has 2 saturated heterocycles. The van der Waals surface area contributed by atoms with Crippen molar-refractivity contribution in [3.8, 4) is 0 Å². The molecule has 0 saturated carbocycles. The first-order valence-corrected chi connectivity index (χ1v) is 7.45. The molecule has 0 radical (unpaired) electrons. The minimum atomic E-state index is 0.564. The third-order valence-electron chi connectivity index (χ3n) is 3.78. The van der Waals surface area contributed by atoms with Gasteiger partial charge in [0.2, 0.25) is 0 Å². The van der Waals surface area contributed by atoms with Crippen LogP contribution in [0.2, 0.25) is 0 Å². The maximum Gasteiger partial charge on any atom is 0.0620 e. The normalized spacial score (nSPS) is 27.9. The van der Waals surface area contributed by atoms with Crippen molar-refractivity contribution in [3.05, 3.63) is 28.7 Å². The molecule has 0 bridgehead atoms. The molecule has 2 aliphatic heterocycles. The Morgan fingerprint density at radius 1 is 1.22 bits per heavy atom. The zero-order valence-corrected chi connectivity index (χ0v) is 12.0. The first kappa shape index (κ1) is 12.5. The molecule has 1 aromatic carbocycles. The van der Waals surface area contributed by atoms with Gasteiger partial charge in [-0.2, -0.15) is 0 Å². The van der Waals surface area contributed by atoms with Gasteiger partial charge in [-0.3, -0.25) is 0 Å². The predicted octanol–water partition coefficient (Wildman–Crippen LogP) is 2.41. The Morgan fingerprint density at radius 3 is 2.89 bits per heavy atom. The van der Waals surface area contributed by atoms with E-state index in [1.165, 1.54) is 16.6 Å². The lowest BCUT2D eigenvalue weighted by molar-refractivity contribution is 0.188. The highest BCUT2D eigenvalue weighted by molar-refractivity contribution is 9.10. The molecule has 3 nitrogen and oxygen atoms in total. The summed E-state index contributed by atoms with van der Waals surface area (Å²) in [6, 6.07) is 9.63. The zero-order valence-electron chi connectivity index (χ0n) is 10.4. The molecule has 0 aromatic heterocycles. The van der Waals surface area contributed by atoms with E-state index in [0.717, 1.165) is 32.7 Å². The standard InChI is InChI=1S/C14H19BrN2O/c15-13-3-1-2-4-14(13)17-7-5-11(9-17)16-12-6-8-18-10-12/h1-4,11-12,16H,5-10H2/t11-,12+/m1/s1. The van der Waals surface area contributed by atoms with E-state index in [4.69, 9.17) is 4.74 Å². The Morgan fingerprint density at radius 2 is 2.11 bits per heavy atom. The van der Waals surface area contributed by atoms with E-state index in [0.29, 0.717) is 12.1 Å². The van der Waals surface area contributed by atoms with E-state index >= 15 is 0 Å². The monoisotopic (exact) mass is 310 g/mol. The Hall–Kier alpha value is -0.580. The van der Waals surface area contributed by atoms with Crippen molar-refractivity contribution in [3.63, 3.8) is 0 Å². The van der Waals surface area contributed by atoms with Gasteiger partial charge in [0.25, 0.3) is 0 Å². The average Bonchev–Trinajstić information content (AvgIpc) is 3.02. The van der Waals surface area contributed by atoms with Gasteiger partial charge in [0, 0.05) is 36.3 Å². The van der Waals surface area contributed by atoms with Gasteiger partial charge in [0.1, 0.15) is 0 Å². The summed E-state index contributed by atoms with van der Waals surface area (Å²) in [4.78, 5) is 2.46. The van der Waals surface area contributed by atoms with Gasteiger partial charge in [-0.15, -0.1) is 0 Å². The van der Waals surface area contributed by atoms with Crippen molar-refractivity contribution >= 4 is 21.6 Å². The number of nitrogens with zero attached hydrogens (tertiary/aromatic N) is 1. The summed E-state index contributed by atoms with van der Waals surface area (Å²) in [5.41, 5.74) is 1.31. The summed E-state index contributed by atoms with van der Waals surface area (Å²) >= 11 is 3.63. The van der Waals surface area contributed by atoms with Crippen LogP contribution in [0.15, 0.2) is 28.7 Å². The molecule has 1 aromatic rings. The van der Waals surface area contributed by atoms with Crippen molar-refractivity contribution in [2.24, 2.45) is 0 Å². The maximum atomic E-state index is 5.41. The van der Waals surface area contributed by atoms with Crippen LogP contribution in [0.4, 0.5) is 5.69 Å². The molecule has 4 heteroatoms. The molecule has 0 aliphatic carbocycles. The number of anilines is 1. The highest BCUT2D eigenvalue weighted by Gasteiger charge is 2.27. The molecule has 0 unspecified atom stereocenters. The summed E-state index contributed by atoms with van der Waals surface area (Å²) in [6.45, 7) is 4.02. The molecule has 3 rings (SSSR count). The topological polar surface area (TPSA) is 24.5 Å². The number of para-hydroxylation sites is 1. The first-order valence-electron chi connectivity index (χ1n) is 6.66. The fraction of sp³-hybridized carbons (Fsp3) is 0.571.